The number of carbonyl (C=O) groups is 1. The van der Waals surface area contributed by atoms with Crippen LogP contribution in [0.2, 0.25) is 0 Å². The van der Waals surface area contributed by atoms with Gasteiger partial charge in [0.1, 0.15) is 16.6 Å². The van der Waals surface area contributed by atoms with Crippen LogP contribution < -0.4 is 9.64 Å². The van der Waals surface area contributed by atoms with Crippen LogP contribution in [0, 0.1) is 12.7 Å². The summed E-state index contributed by atoms with van der Waals surface area (Å²) in [5, 5.41) is 8.07. The number of thiazole rings is 1. The normalized spacial score (nSPS) is 13.9. The number of amides is 1. The average Bonchev–Trinajstić information content (AvgIpc) is 3.51. The minimum absolute atomic E-state index is 0.0854. The molecule has 1 N–H and O–H groups in total. The molecule has 0 unspecified atom stereocenters. The molecule has 2 aromatic carbocycles. The molecule has 4 aromatic rings. The van der Waals surface area contributed by atoms with E-state index < -0.39 is 0 Å². The van der Waals surface area contributed by atoms with Crippen molar-refractivity contribution in [2.24, 2.45) is 0 Å². The third-order valence-corrected chi connectivity index (χ3v) is 7.17. The molecule has 1 fully saturated rings. The van der Waals surface area contributed by atoms with E-state index in [1.165, 1.54) is 23.5 Å². The van der Waals surface area contributed by atoms with Crippen molar-refractivity contribution in [3.63, 3.8) is 0 Å². The number of H-pyrrole nitrogens is 1. The third kappa shape index (κ3) is 4.38. The van der Waals surface area contributed by atoms with Crippen LogP contribution in [0.5, 0.6) is 5.75 Å². The van der Waals surface area contributed by atoms with E-state index in [1.54, 1.807) is 25.3 Å². The maximum atomic E-state index is 13.2. The highest BCUT2D eigenvalue weighted by molar-refractivity contribution is 7.18. The van der Waals surface area contributed by atoms with Gasteiger partial charge in [0.2, 0.25) is 0 Å². The summed E-state index contributed by atoms with van der Waals surface area (Å²) in [7, 11) is 1.65. The Hall–Kier alpha value is -3.72. The second-order valence-corrected chi connectivity index (χ2v) is 9.08. The molecule has 1 amide bonds. The maximum Gasteiger partial charge on any atom is 0.274 e. The third-order valence-electron chi connectivity index (χ3n) is 5.93. The quantitative estimate of drug-likeness (QED) is 0.454. The van der Waals surface area contributed by atoms with Gasteiger partial charge in [0, 0.05) is 37.4 Å². The van der Waals surface area contributed by atoms with Crippen molar-refractivity contribution in [2.75, 3.05) is 38.2 Å². The van der Waals surface area contributed by atoms with E-state index in [2.05, 4.69) is 20.1 Å². The number of aromatic amines is 1. The summed E-state index contributed by atoms with van der Waals surface area (Å²) >= 11 is 1.49. The lowest BCUT2D eigenvalue weighted by atomic mass is 10.2. The standard InChI is InChI=1S/C25H24FN5O2S/c1-16-23(34-24(27-16)17-3-5-18(26)6-4-17)21-15-22(29-28-21)25(32)31-13-11-30(12-14-31)19-7-9-20(33-2)10-8-19/h3-10,15H,11-14H2,1-2H3,(H,28,29). The smallest absolute Gasteiger partial charge is 0.274 e. The van der Waals surface area contributed by atoms with Crippen LogP contribution in [-0.4, -0.2) is 59.3 Å². The molecule has 0 atom stereocenters. The number of anilines is 1. The zero-order chi connectivity index (χ0) is 23.7. The van der Waals surface area contributed by atoms with E-state index >= 15 is 0 Å². The Balaban J connectivity index is 1.26. The predicted octanol–water partition coefficient (Wildman–Crippen LogP) is 4.62. The number of carbonyl (C=O) groups excluding carboxylic acids is 1. The van der Waals surface area contributed by atoms with Crippen molar-refractivity contribution < 1.29 is 13.9 Å². The van der Waals surface area contributed by atoms with E-state index in [4.69, 9.17) is 4.74 Å². The minimum atomic E-state index is -0.279. The first-order valence-electron chi connectivity index (χ1n) is 11.0. The lowest BCUT2D eigenvalue weighted by Crippen LogP contribution is -2.48. The molecular formula is C25H24FN5O2S. The fourth-order valence-corrected chi connectivity index (χ4v) is 5.07. The van der Waals surface area contributed by atoms with E-state index in [9.17, 15) is 9.18 Å². The molecule has 0 saturated carbocycles. The van der Waals surface area contributed by atoms with Crippen LogP contribution in [0.4, 0.5) is 10.1 Å². The Kier molecular flexibility index (Phi) is 6.02. The van der Waals surface area contributed by atoms with Crippen LogP contribution in [0.1, 0.15) is 16.2 Å². The molecule has 7 nitrogen and oxygen atoms in total. The highest BCUT2D eigenvalue weighted by Gasteiger charge is 2.25. The Bertz CT molecular complexity index is 1290. The molecule has 9 heteroatoms. The van der Waals surface area contributed by atoms with Gasteiger partial charge in [-0.3, -0.25) is 9.89 Å². The molecule has 34 heavy (non-hydrogen) atoms. The molecule has 174 valence electrons. The Morgan fingerprint density at radius 2 is 1.76 bits per heavy atom. The van der Waals surface area contributed by atoms with Crippen LogP contribution in [-0.2, 0) is 0 Å². The van der Waals surface area contributed by atoms with Gasteiger partial charge in [-0.05, 0) is 61.5 Å². The summed E-state index contributed by atoms with van der Waals surface area (Å²) < 4.78 is 18.5. The number of benzene rings is 2. The topological polar surface area (TPSA) is 74.3 Å². The molecule has 0 radical (unpaired) electrons. The number of aryl methyl sites for hydroxylation is 1. The Labute approximate surface area is 200 Å². The number of hydrogen-bond donors (Lipinski definition) is 1. The minimum Gasteiger partial charge on any atom is -0.497 e. The summed E-state index contributed by atoms with van der Waals surface area (Å²) in [5.41, 5.74) is 3.95. The number of hydrogen-bond acceptors (Lipinski definition) is 6. The van der Waals surface area contributed by atoms with Crippen molar-refractivity contribution in [3.05, 3.63) is 71.8 Å². The van der Waals surface area contributed by atoms with Crippen molar-refractivity contribution in [1.29, 1.82) is 0 Å². The number of nitrogens with one attached hydrogen (secondary N) is 1. The largest absolute Gasteiger partial charge is 0.497 e. The van der Waals surface area contributed by atoms with Crippen LogP contribution in [0.15, 0.2) is 54.6 Å². The Morgan fingerprint density at radius 1 is 1.06 bits per heavy atom. The highest BCUT2D eigenvalue weighted by Crippen LogP contribution is 2.34. The molecule has 0 bridgehead atoms. The van der Waals surface area contributed by atoms with Crippen molar-refractivity contribution in [2.45, 2.75) is 6.92 Å². The average molecular weight is 478 g/mol. The summed E-state index contributed by atoms with van der Waals surface area (Å²) in [6.45, 7) is 4.68. The second-order valence-electron chi connectivity index (χ2n) is 8.08. The summed E-state index contributed by atoms with van der Waals surface area (Å²) in [6, 6.07) is 16.0. The fraction of sp³-hybridized carbons (Fsp3) is 0.240. The fourth-order valence-electron chi connectivity index (χ4n) is 4.03. The number of ether oxygens (including phenoxy) is 1. The highest BCUT2D eigenvalue weighted by atomic mass is 32.1. The van der Waals surface area contributed by atoms with Crippen molar-refractivity contribution in [3.8, 4) is 26.9 Å². The zero-order valence-corrected chi connectivity index (χ0v) is 19.7. The number of methoxy groups -OCH3 is 1. The van der Waals surface area contributed by atoms with Gasteiger partial charge in [-0.2, -0.15) is 5.10 Å². The van der Waals surface area contributed by atoms with Gasteiger partial charge in [-0.1, -0.05) is 0 Å². The van der Waals surface area contributed by atoms with Gasteiger partial charge in [-0.25, -0.2) is 9.37 Å². The summed E-state index contributed by atoms with van der Waals surface area (Å²) in [5.74, 6) is 0.462. The van der Waals surface area contributed by atoms with Gasteiger partial charge in [0.05, 0.1) is 23.4 Å². The second kappa shape index (κ2) is 9.26. The van der Waals surface area contributed by atoms with E-state index in [0.717, 1.165) is 51.4 Å². The van der Waals surface area contributed by atoms with Gasteiger partial charge in [0.15, 0.2) is 5.69 Å². The lowest BCUT2D eigenvalue weighted by Gasteiger charge is -2.35. The van der Waals surface area contributed by atoms with Gasteiger partial charge in [-0.15, -0.1) is 11.3 Å². The molecular weight excluding hydrogens is 453 g/mol. The molecule has 0 aliphatic carbocycles. The zero-order valence-electron chi connectivity index (χ0n) is 18.9. The molecule has 1 aliphatic heterocycles. The van der Waals surface area contributed by atoms with Gasteiger partial charge < -0.3 is 14.5 Å². The number of nitrogens with zero attached hydrogens (tertiary/aromatic N) is 4. The van der Waals surface area contributed by atoms with Crippen LogP contribution >= 0.6 is 11.3 Å². The Morgan fingerprint density at radius 3 is 2.44 bits per heavy atom. The number of piperazine rings is 1. The number of aromatic nitrogens is 3. The van der Waals surface area contributed by atoms with E-state index in [-0.39, 0.29) is 11.7 Å². The van der Waals surface area contributed by atoms with Crippen molar-refractivity contribution in [1.82, 2.24) is 20.1 Å². The van der Waals surface area contributed by atoms with Gasteiger partial charge in [0.25, 0.3) is 5.91 Å². The molecule has 1 aliphatic rings. The molecule has 3 heterocycles. The maximum absolute atomic E-state index is 13.2. The van der Waals surface area contributed by atoms with E-state index in [1.807, 2.05) is 36.1 Å². The lowest BCUT2D eigenvalue weighted by molar-refractivity contribution is 0.0741. The summed E-state index contributed by atoms with van der Waals surface area (Å²) in [6.07, 6.45) is 0. The number of halogens is 1. The molecule has 2 aromatic heterocycles. The van der Waals surface area contributed by atoms with Crippen LogP contribution in [0.3, 0.4) is 0 Å². The first-order chi connectivity index (χ1) is 16.5. The number of rotatable bonds is 5. The van der Waals surface area contributed by atoms with Crippen molar-refractivity contribution >= 4 is 22.9 Å². The van der Waals surface area contributed by atoms with Gasteiger partial charge >= 0.3 is 0 Å². The molecule has 1 saturated heterocycles. The van der Waals surface area contributed by atoms with E-state index in [0.29, 0.717) is 18.8 Å². The summed E-state index contributed by atoms with van der Waals surface area (Å²) in [4.78, 5) is 22.7. The molecule has 0 spiro atoms. The first-order valence-corrected chi connectivity index (χ1v) is 11.8. The first kappa shape index (κ1) is 22.1. The molecule has 5 rings (SSSR count). The SMILES string of the molecule is COc1ccc(N2CCN(C(=O)c3cc(-c4sc(-c5ccc(F)cc5)nc4C)[nH]n3)CC2)cc1. The predicted molar refractivity (Wildman–Crippen MR) is 131 cm³/mol. The van der Waals surface area contributed by atoms with Crippen LogP contribution in [0.25, 0.3) is 21.1 Å². The monoisotopic (exact) mass is 477 g/mol.